The number of hydrogen-bond donors (Lipinski definition) is 2. The van der Waals surface area contributed by atoms with Crippen LogP contribution in [0.2, 0.25) is 0 Å². The Kier molecular flexibility index (Phi) is 2.37. The van der Waals surface area contributed by atoms with Crippen LogP contribution in [0.3, 0.4) is 0 Å². The predicted octanol–water partition coefficient (Wildman–Crippen LogP) is 0.667. The Labute approximate surface area is 80.2 Å². The van der Waals surface area contributed by atoms with Crippen molar-refractivity contribution in [2.24, 2.45) is 5.73 Å². The number of oxazole rings is 1. The first-order valence-corrected chi connectivity index (χ1v) is 4.06. The second kappa shape index (κ2) is 3.84. The fourth-order valence-corrected chi connectivity index (χ4v) is 1.02. The molecule has 0 spiro atoms. The van der Waals surface area contributed by atoms with Crippen molar-refractivity contribution in [2.45, 2.75) is 6.54 Å². The van der Waals surface area contributed by atoms with Gasteiger partial charge in [0.2, 0.25) is 5.88 Å². The second-order valence-corrected chi connectivity index (χ2v) is 2.60. The van der Waals surface area contributed by atoms with Gasteiger partial charge in [0.25, 0.3) is 0 Å². The lowest BCUT2D eigenvalue weighted by atomic mass is 10.3. The number of hydrogen-bond acceptors (Lipinski definition) is 6. The maximum atomic E-state index is 5.53. The molecular weight excluding hydrogens is 182 g/mol. The normalized spacial score (nSPS) is 10.1. The van der Waals surface area contributed by atoms with E-state index in [1.54, 1.807) is 18.5 Å². The van der Waals surface area contributed by atoms with Gasteiger partial charge < -0.3 is 15.5 Å². The summed E-state index contributed by atoms with van der Waals surface area (Å²) in [6.07, 6.45) is 4.48. The molecule has 3 N–H and O–H groups in total. The summed E-state index contributed by atoms with van der Waals surface area (Å²) >= 11 is 0. The van der Waals surface area contributed by atoms with Crippen molar-refractivity contribution in [1.82, 2.24) is 15.2 Å². The van der Waals surface area contributed by atoms with E-state index in [2.05, 4.69) is 20.5 Å². The average Bonchev–Trinajstić information content (AvgIpc) is 2.71. The third-order valence-electron chi connectivity index (χ3n) is 1.70. The zero-order valence-corrected chi connectivity index (χ0v) is 7.34. The first-order valence-electron chi connectivity index (χ1n) is 4.06. The van der Waals surface area contributed by atoms with Crippen molar-refractivity contribution in [3.63, 3.8) is 0 Å². The Morgan fingerprint density at radius 3 is 3.14 bits per heavy atom. The summed E-state index contributed by atoms with van der Waals surface area (Å²) < 4.78 is 5.01. The highest BCUT2D eigenvalue weighted by Gasteiger charge is 2.04. The summed E-state index contributed by atoms with van der Waals surface area (Å²) in [6, 6.07) is 1.80. The number of rotatable bonds is 3. The maximum absolute atomic E-state index is 5.53. The molecule has 2 heterocycles. The summed E-state index contributed by atoms with van der Waals surface area (Å²) in [5.41, 5.74) is 6.40. The number of nitrogens with one attached hydrogen (secondary N) is 1. The van der Waals surface area contributed by atoms with Crippen LogP contribution in [0, 0.1) is 0 Å². The number of anilines is 2. The molecule has 14 heavy (non-hydrogen) atoms. The van der Waals surface area contributed by atoms with Crippen LogP contribution in [0.4, 0.5) is 11.7 Å². The zero-order chi connectivity index (χ0) is 9.80. The Morgan fingerprint density at radius 1 is 1.50 bits per heavy atom. The molecule has 0 aliphatic heterocycles. The molecule has 2 aromatic heterocycles. The largest absolute Gasteiger partial charge is 0.428 e. The van der Waals surface area contributed by atoms with Gasteiger partial charge in [0, 0.05) is 12.1 Å². The van der Waals surface area contributed by atoms with E-state index >= 15 is 0 Å². The van der Waals surface area contributed by atoms with Crippen molar-refractivity contribution in [3.8, 4) is 0 Å². The number of nitrogens with zero attached hydrogens (tertiary/aromatic N) is 3. The van der Waals surface area contributed by atoms with Crippen LogP contribution in [0.5, 0.6) is 0 Å². The summed E-state index contributed by atoms with van der Waals surface area (Å²) in [7, 11) is 0. The van der Waals surface area contributed by atoms with Gasteiger partial charge in [-0.05, 0) is 6.07 Å². The van der Waals surface area contributed by atoms with E-state index < -0.39 is 0 Å². The van der Waals surface area contributed by atoms with Gasteiger partial charge in [0.05, 0.1) is 12.4 Å². The molecular formula is C8H9N5O. The van der Waals surface area contributed by atoms with Crippen LogP contribution in [-0.4, -0.2) is 15.2 Å². The SMILES string of the molecule is NCc1ccnnc1Nc1cnco1. The fraction of sp³-hybridized carbons (Fsp3) is 0.125. The van der Waals surface area contributed by atoms with E-state index in [0.29, 0.717) is 18.2 Å². The first-order chi connectivity index (χ1) is 6.90. The van der Waals surface area contributed by atoms with Crippen molar-refractivity contribution in [2.75, 3.05) is 5.32 Å². The quantitative estimate of drug-likeness (QED) is 0.740. The Bertz CT molecular complexity index is 400. The van der Waals surface area contributed by atoms with Gasteiger partial charge in [-0.3, -0.25) is 0 Å². The van der Waals surface area contributed by atoms with E-state index in [1.807, 2.05) is 0 Å². The summed E-state index contributed by atoms with van der Waals surface area (Å²) in [6.45, 7) is 0.395. The molecule has 0 unspecified atom stereocenters. The van der Waals surface area contributed by atoms with Crippen LogP contribution >= 0.6 is 0 Å². The van der Waals surface area contributed by atoms with Crippen LogP contribution in [-0.2, 0) is 6.54 Å². The second-order valence-electron chi connectivity index (χ2n) is 2.60. The molecule has 0 aliphatic rings. The van der Waals surface area contributed by atoms with Crippen molar-refractivity contribution in [3.05, 3.63) is 30.4 Å². The van der Waals surface area contributed by atoms with Gasteiger partial charge in [0.15, 0.2) is 12.2 Å². The highest BCUT2D eigenvalue weighted by Crippen LogP contribution is 2.15. The molecule has 6 heteroatoms. The third kappa shape index (κ3) is 1.69. The summed E-state index contributed by atoms with van der Waals surface area (Å²) in [5, 5.41) is 10.6. The van der Waals surface area contributed by atoms with E-state index in [-0.39, 0.29) is 0 Å². The Morgan fingerprint density at radius 2 is 2.43 bits per heavy atom. The first kappa shape index (κ1) is 8.64. The van der Waals surface area contributed by atoms with Crippen LogP contribution in [0.25, 0.3) is 0 Å². The maximum Gasteiger partial charge on any atom is 0.219 e. The molecule has 0 atom stereocenters. The number of nitrogens with two attached hydrogens (primary N) is 1. The van der Waals surface area contributed by atoms with Crippen LogP contribution in [0.15, 0.2) is 29.3 Å². The topological polar surface area (TPSA) is 89.9 Å². The van der Waals surface area contributed by atoms with E-state index in [4.69, 9.17) is 10.2 Å². The molecule has 0 amide bonds. The molecule has 0 saturated carbocycles. The average molecular weight is 191 g/mol. The molecule has 2 rings (SSSR count). The van der Waals surface area contributed by atoms with Crippen LogP contribution < -0.4 is 11.1 Å². The van der Waals surface area contributed by atoms with Gasteiger partial charge in [0.1, 0.15) is 0 Å². The smallest absolute Gasteiger partial charge is 0.219 e. The highest BCUT2D eigenvalue weighted by molar-refractivity contribution is 5.52. The van der Waals surface area contributed by atoms with Gasteiger partial charge in [-0.15, -0.1) is 5.10 Å². The minimum absolute atomic E-state index is 0.395. The van der Waals surface area contributed by atoms with Crippen molar-refractivity contribution in [1.29, 1.82) is 0 Å². The number of aromatic nitrogens is 3. The lowest BCUT2D eigenvalue weighted by Gasteiger charge is -2.04. The van der Waals surface area contributed by atoms with Gasteiger partial charge >= 0.3 is 0 Å². The summed E-state index contributed by atoms with van der Waals surface area (Å²) in [5.74, 6) is 1.10. The standard InChI is InChI=1S/C8H9N5O/c9-3-6-1-2-11-13-8(6)12-7-4-10-5-14-7/h1-2,4-5H,3,9H2,(H,12,13). The highest BCUT2D eigenvalue weighted by atomic mass is 16.4. The molecule has 0 radical (unpaired) electrons. The Hall–Kier alpha value is -1.95. The molecule has 0 aliphatic carbocycles. The molecule has 2 aromatic rings. The van der Waals surface area contributed by atoms with E-state index in [1.165, 1.54) is 6.39 Å². The summed E-state index contributed by atoms with van der Waals surface area (Å²) in [4.78, 5) is 3.77. The van der Waals surface area contributed by atoms with Gasteiger partial charge in [-0.25, -0.2) is 4.98 Å². The minimum Gasteiger partial charge on any atom is -0.428 e. The molecule has 0 bridgehead atoms. The molecule has 0 fully saturated rings. The molecule has 0 saturated heterocycles. The monoisotopic (exact) mass is 191 g/mol. The van der Waals surface area contributed by atoms with E-state index in [0.717, 1.165) is 5.56 Å². The van der Waals surface area contributed by atoms with Crippen molar-refractivity contribution < 1.29 is 4.42 Å². The van der Waals surface area contributed by atoms with Crippen LogP contribution in [0.1, 0.15) is 5.56 Å². The predicted molar refractivity (Wildman–Crippen MR) is 49.7 cm³/mol. The van der Waals surface area contributed by atoms with Gasteiger partial charge in [-0.2, -0.15) is 5.10 Å². The fourth-order valence-electron chi connectivity index (χ4n) is 1.02. The lowest BCUT2D eigenvalue weighted by Crippen LogP contribution is -2.04. The van der Waals surface area contributed by atoms with E-state index in [9.17, 15) is 0 Å². The minimum atomic E-state index is 0.395. The third-order valence-corrected chi connectivity index (χ3v) is 1.70. The zero-order valence-electron chi connectivity index (χ0n) is 7.34. The van der Waals surface area contributed by atoms with Crippen molar-refractivity contribution >= 4 is 11.7 Å². The molecule has 6 nitrogen and oxygen atoms in total. The molecule has 72 valence electrons. The molecule has 0 aromatic carbocycles. The van der Waals surface area contributed by atoms with Gasteiger partial charge in [-0.1, -0.05) is 0 Å². The Balaban J connectivity index is 2.24. The lowest BCUT2D eigenvalue weighted by molar-refractivity contribution is 0.574.